The van der Waals surface area contributed by atoms with Gasteiger partial charge in [-0.1, -0.05) is 146 Å². The van der Waals surface area contributed by atoms with Crippen molar-refractivity contribution in [1.29, 1.82) is 5.26 Å². The van der Waals surface area contributed by atoms with Gasteiger partial charge in [0.15, 0.2) is 0 Å². The summed E-state index contributed by atoms with van der Waals surface area (Å²) in [6, 6.07) is 65.2. The summed E-state index contributed by atoms with van der Waals surface area (Å²) in [4.78, 5) is 4.17. The Balaban J connectivity index is 1.35. The van der Waals surface area contributed by atoms with E-state index in [0.717, 1.165) is 72.0 Å². The molecule has 10 aromatic rings. The van der Waals surface area contributed by atoms with Crippen molar-refractivity contribution in [3.63, 3.8) is 0 Å². The predicted molar refractivity (Wildman–Crippen MR) is 222 cm³/mol. The second kappa shape index (κ2) is 12.5. The lowest BCUT2D eigenvalue weighted by Crippen LogP contribution is -1.98. The van der Waals surface area contributed by atoms with E-state index in [2.05, 4.69) is 129 Å². The number of nitrogens with zero attached hydrogens (tertiary/aromatic N) is 4. The Bertz CT molecular complexity index is 3140. The second-order valence-corrected chi connectivity index (χ2v) is 13.5. The van der Waals surface area contributed by atoms with Gasteiger partial charge in [0.25, 0.3) is 0 Å². The molecule has 4 heteroatoms. The monoisotopic (exact) mass is 686 g/mol. The number of fused-ring (bicyclic) bond motifs is 7. The number of hydrogen-bond acceptors (Lipinski definition) is 1. The van der Waals surface area contributed by atoms with Crippen LogP contribution in [-0.4, -0.2) is 9.13 Å². The summed E-state index contributed by atoms with van der Waals surface area (Å²) in [7, 11) is 0. The van der Waals surface area contributed by atoms with Gasteiger partial charge in [-0.2, -0.15) is 5.26 Å². The number of aromatic nitrogens is 2. The van der Waals surface area contributed by atoms with Gasteiger partial charge < -0.3 is 9.13 Å². The maximum atomic E-state index is 10.7. The molecule has 0 unspecified atom stereocenters. The van der Waals surface area contributed by atoms with Crippen LogP contribution in [0.5, 0.6) is 0 Å². The molecular formula is C50H30N4. The van der Waals surface area contributed by atoms with Crippen LogP contribution in [0.2, 0.25) is 0 Å². The Hall–Kier alpha value is -7.66. The fourth-order valence-corrected chi connectivity index (χ4v) is 8.26. The van der Waals surface area contributed by atoms with Crippen LogP contribution in [-0.2, 0) is 0 Å². The summed E-state index contributed by atoms with van der Waals surface area (Å²) < 4.78 is 4.77. The molecule has 10 rings (SSSR count). The molecule has 2 heterocycles. The second-order valence-electron chi connectivity index (χ2n) is 13.5. The van der Waals surface area contributed by atoms with Crippen LogP contribution in [0.4, 0.5) is 5.69 Å². The van der Waals surface area contributed by atoms with E-state index >= 15 is 0 Å². The Morgan fingerprint density at radius 3 is 1.54 bits per heavy atom. The maximum Gasteiger partial charge on any atom is 0.203 e. The molecule has 0 aliphatic heterocycles. The van der Waals surface area contributed by atoms with Crippen molar-refractivity contribution in [2.75, 3.05) is 0 Å². The Labute approximate surface area is 312 Å². The topological polar surface area (TPSA) is 38.0 Å². The van der Waals surface area contributed by atoms with Gasteiger partial charge in [0.2, 0.25) is 5.69 Å². The molecule has 2 aromatic heterocycles. The quantitative estimate of drug-likeness (QED) is 0.166. The SMILES string of the molecule is [C-]#[N+]c1c(-c2ccc3c4ccc5c6ccccc6n(-c6ccccc6)c5c4n(-c4ccccc4)c3c2)cc(-c2ccccc2)c(C#N)c1-c1ccccc1. The van der Waals surface area contributed by atoms with Crippen molar-refractivity contribution in [1.82, 2.24) is 9.13 Å². The average molecular weight is 687 g/mol. The summed E-state index contributed by atoms with van der Waals surface area (Å²) in [5.41, 5.74) is 12.5. The first-order valence-corrected chi connectivity index (χ1v) is 18.0. The van der Waals surface area contributed by atoms with Crippen LogP contribution in [0, 0.1) is 17.9 Å². The maximum absolute atomic E-state index is 10.7. The van der Waals surface area contributed by atoms with Gasteiger partial charge >= 0.3 is 0 Å². The van der Waals surface area contributed by atoms with E-state index in [1.165, 1.54) is 10.8 Å². The van der Waals surface area contributed by atoms with Crippen molar-refractivity contribution < 1.29 is 0 Å². The van der Waals surface area contributed by atoms with Crippen molar-refractivity contribution in [2.24, 2.45) is 0 Å². The van der Waals surface area contributed by atoms with E-state index in [1.54, 1.807) is 0 Å². The van der Waals surface area contributed by atoms with Gasteiger partial charge in [0, 0.05) is 38.5 Å². The fourth-order valence-electron chi connectivity index (χ4n) is 8.26. The zero-order valence-electron chi connectivity index (χ0n) is 29.1. The van der Waals surface area contributed by atoms with Crippen LogP contribution in [0.25, 0.3) is 93.2 Å². The smallest absolute Gasteiger partial charge is 0.203 e. The zero-order valence-corrected chi connectivity index (χ0v) is 29.1. The minimum absolute atomic E-state index is 0.464. The van der Waals surface area contributed by atoms with E-state index in [0.29, 0.717) is 16.8 Å². The molecule has 0 spiro atoms. The van der Waals surface area contributed by atoms with Crippen molar-refractivity contribution in [3.05, 3.63) is 199 Å². The summed E-state index contributed by atoms with van der Waals surface area (Å²) in [5.74, 6) is 0. The third-order valence-corrected chi connectivity index (χ3v) is 10.6. The summed E-state index contributed by atoms with van der Waals surface area (Å²) in [6.07, 6.45) is 0. The Kier molecular flexibility index (Phi) is 7.22. The lowest BCUT2D eigenvalue weighted by atomic mass is 9.86. The van der Waals surface area contributed by atoms with Crippen molar-refractivity contribution in [3.8, 4) is 50.8 Å². The first-order chi connectivity index (χ1) is 26.7. The fraction of sp³-hybridized carbons (Fsp3) is 0. The minimum atomic E-state index is 0.464. The van der Waals surface area contributed by atoms with Crippen LogP contribution < -0.4 is 0 Å². The molecule has 250 valence electrons. The molecule has 0 amide bonds. The average Bonchev–Trinajstić information content (AvgIpc) is 3.77. The first-order valence-electron chi connectivity index (χ1n) is 18.0. The molecular weight excluding hydrogens is 657 g/mol. The largest absolute Gasteiger partial charge is 0.307 e. The summed E-state index contributed by atoms with van der Waals surface area (Å²) in [5, 5.41) is 15.3. The highest BCUT2D eigenvalue weighted by Gasteiger charge is 2.24. The minimum Gasteiger partial charge on any atom is -0.307 e. The Morgan fingerprint density at radius 2 is 0.944 bits per heavy atom. The highest BCUT2D eigenvalue weighted by molar-refractivity contribution is 6.24. The molecule has 0 bridgehead atoms. The van der Waals surface area contributed by atoms with Crippen molar-refractivity contribution >= 4 is 49.3 Å². The van der Waals surface area contributed by atoms with E-state index < -0.39 is 0 Å². The highest BCUT2D eigenvalue weighted by Crippen LogP contribution is 2.48. The predicted octanol–water partition coefficient (Wildman–Crippen LogP) is 13.3. The number of hydrogen-bond donors (Lipinski definition) is 0. The number of para-hydroxylation sites is 3. The van der Waals surface area contributed by atoms with E-state index in [4.69, 9.17) is 6.57 Å². The van der Waals surface area contributed by atoms with Crippen LogP contribution in [0.15, 0.2) is 182 Å². The molecule has 54 heavy (non-hydrogen) atoms. The normalized spacial score (nSPS) is 11.3. The molecule has 0 radical (unpaired) electrons. The third kappa shape index (κ3) is 4.68. The van der Waals surface area contributed by atoms with E-state index in [9.17, 15) is 5.26 Å². The van der Waals surface area contributed by atoms with Gasteiger partial charge in [-0.05, 0) is 64.2 Å². The number of benzene rings is 8. The van der Waals surface area contributed by atoms with Gasteiger partial charge in [-0.3, -0.25) is 0 Å². The zero-order chi connectivity index (χ0) is 36.2. The van der Waals surface area contributed by atoms with E-state index in [-0.39, 0.29) is 0 Å². The molecule has 0 N–H and O–H groups in total. The van der Waals surface area contributed by atoms with Gasteiger partial charge in [-0.25, -0.2) is 4.85 Å². The summed E-state index contributed by atoms with van der Waals surface area (Å²) in [6.45, 7) is 8.55. The van der Waals surface area contributed by atoms with Gasteiger partial charge in [-0.15, -0.1) is 0 Å². The molecule has 0 aliphatic carbocycles. The standard InChI is InChI=1S/C50H30N4/c1-52-48-43(31-42(33-16-6-2-7-17-33)44(32-51)47(48)34-18-8-3-9-19-34)35-26-27-39-41-29-28-40-38-24-14-15-25-45(38)53(36-20-10-4-11-21-36)49(40)50(41)54(46(39)30-35)37-22-12-5-13-23-37/h2-31H. The van der Waals surface area contributed by atoms with Gasteiger partial charge in [0.1, 0.15) is 0 Å². The third-order valence-electron chi connectivity index (χ3n) is 10.6. The molecule has 8 aromatic carbocycles. The molecule has 4 nitrogen and oxygen atoms in total. The molecule has 0 atom stereocenters. The van der Waals surface area contributed by atoms with E-state index in [1.807, 2.05) is 72.8 Å². The summed E-state index contributed by atoms with van der Waals surface area (Å²) >= 11 is 0. The molecule has 0 aliphatic rings. The molecule has 0 saturated heterocycles. The Morgan fingerprint density at radius 1 is 0.444 bits per heavy atom. The molecule has 0 fully saturated rings. The number of nitriles is 1. The lowest BCUT2D eigenvalue weighted by molar-refractivity contribution is 1.15. The number of rotatable bonds is 5. The van der Waals surface area contributed by atoms with Crippen molar-refractivity contribution in [2.45, 2.75) is 0 Å². The highest BCUT2D eigenvalue weighted by atomic mass is 15.0. The molecule has 0 saturated carbocycles. The lowest BCUT2D eigenvalue weighted by Gasteiger charge is -2.17. The van der Waals surface area contributed by atoms with Gasteiger partial charge in [0.05, 0.1) is 40.3 Å². The van der Waals surface area contributed by atoms with Crippen LogP contribution in [0.1, 0.15) is 5.56 Å². The first kappa shape index (κ1) is 31.1. The van der Waals surface area contributed by atoms with Crippen LogP contribution >= 0.6 is 0 Å². The van der Waals surface area contributed by atoms with Crippen LogP contribution in [0.3, 0.4) is 0 Å².